The van der Waals surface area contributed by atoms with Crippen molar-refractivity contribution in [3.63, 3.8) is 0 Å². The predicted octanol–water partition coefficient (Wildman–Crippen LogP) is 1.39. The van der Waals surface area contributed by atoms with E-state index in [1.807, 2.05) is 0 Å². The Morgan fingerprint density at radius 1 is 1.33 bits per heavy atom. The topological polar surface area (TPSA) is 55.6 Å². The summed E-state index contributed by atoms with van der Waals surface area (Å²) in [5.41, 5.74) is 5.43. The Bertz CT molecular complexity index is 311. The second-order valence-electron chi connectivity index (χ2n) is 6.44. The molecule has 4 unspecified atom stereocenters. The van der Waals surface area contributed by atoms with E-state index in [1.54, 1.807) is 0 Å². The van der Waals surface area contributed by atoms with Crippen LogP contribution >= 0.6 is 0 Å². The zero-order valence-corrected chi connectivity index (χ0v) is 11.8. The van der Waals surface area contributed by atoms with Crippen molar-refractivity contribution in [1.82, 2.24) is 4.90 Å². The number of rotatable bonds is 2. The number of likely N-dealkylation sites (tertiary alicyclic amines) is 1. The number of carbonyl (C=O) groups is 1. The first kappa shape index (κ1) is 13.8. The number of nitrogens with two attached hydrogens (primary N) is 1. The maximum absolute atomic E-state index is 11.7. The molecule has 1 saturated carbocycles. The fraction of sp³-hybridized carbons (Fsp3) is 0.929. The number of hydrogen-bond donors (Lipinski definition) is 1. The van der Waals surface area contributed by atoms with Crippen LogP contribution in [0.1, 0.15) is 39.5 Å². The minimum atomic E-state index is -0.747. The molecule has 4 nitrogen and oxygen atoms in total. The molecule has 18 heavy (non-hydrogen) atoms. The third-order valence-corrected chi connectivity index (χ3v) is 4.53. The molecule has 4 heteroatoms. The van der Waals surface area contributed by atoms with Gasteiger partial charge >= 0.3 is 5.97 Å². The molecule has 1 heterocycles. The summed E-state index contributed by atoms with van der Waals surface area (Å²) in [6, 6.07) is 0.458. The summed E-state index contributed by atoms with van der Waals surface area (Å²) >= 11 is 0. The molecule has 2 N–H and O–H groups in total. The number of nitrogens with zero attached hydrogens (tertiary/aromatic N) is 1. The molecule has 2 aliphatic rings. The van der Waals surface area contributed by atoms with Crippen molar-refractivity contribution < 1.29 is 9.53 Å². The first-order valence-electron chi connectivity index (χ1n) is 7.06. The van der Waals surface area contributed by atoms with Crippen LogP contribution in [0.25, 0.3) is 0 Å². The first-order valence-corrected chi connectivity index (χ1v) is 7.06. The van der Waals surface area contributed by atoms with Gasteiger partial charge in [0, 0.05) is 19.1 Å². The quantitative estimate of drug-likeness (QED) is 0.757. The zero-order valence-electron chi connectivity index (χ0n) is 11.8. The summed E-state index contributed by atoms with van der Waals surface area (Å²) in [6.45, 7) is 6.92. The molecule has 0 bridgehead atoms. The van der Waals surface area contributed by atoms with Crippen molar-refractivity contribution in [3.05, 3.63) is 0 Å². The molecule has 0 amide bonds. The van der Waals surface area contributed by atoms with Gasteiger partial charge in [-0.1, -0.05) is 13.8 Å². The lowest BCUT2D eigenvalue weighted by Gasteiger charge is -2.39. The molecule has 0 aromatic rings. The number of ether oxygens (including phenoxy) is 1. The lowest BCUT2D eigenvalue weighted by Crippen LogP contribution is -2.49. The van der Waals surface area contributed by atoms with Crippen molar-refractivity contribution >= 4 is 5.97 Å². The van der Waals surface area contributed by atoms with E-state index in [2.05, 4.69) is 18.7 Å². The molecule has 0 aromatic heterocycles. The van der Waals surface area contributed by atoms with Crippen molar-refractivity contribution in [2.24, 2.45) is 17.6 Å². The Kier molecular flexibility index (Phi) is 3.97. The van der Waals surface area contributed by atoms with Gasteiger partial charge in [0.1, 0.15) is 5.54 Å². The molecule has 4 atom stereocenters. The van der Waals surface area contributed by atoms with E-state index in [4.69, 9.17) is 10.5 Å². The highest BCUT2D eigenvalue weighted by Crippen LogP contribution is 2.35. The minimum absolute atomic E-state index is 0.247. The molecule has 1 saturated heterocycles. The van der Waals surface area contributed by atoms with Gasteiger partial charge in [-0.25, -0.2) is 0 Å². The lowest BCUT2D eigenvalue weighted by atomic mass is 9.90. The summed E-state index contributed by atoms with van der Waals surface area (Å²) in [5, 5.41) is 0. The molecule has 0 aromatic carbocycles. The minimum Gasteiger partial charge on any atom is -0.468 e. The van der Waals surface area contributed by atoms with Gasteiger partial charge in [-0.3, -0.25) is 9.69 Å². The van der Waals surface area contributed by atoms with Crippen LogP contribution in [0, 0.1) is 11.8 Å². The number of piperidine rings is 1. The molecule has 1 aliphatic heterocycles. The maximum atomic E-state index is 11.7. The highest BCUT2D eigenvalue weighted by Gasteiger charge is 2.45. The van der Waals surface area contributed by atoms with Gasteiger partial charge in [-0.05, 0) is 37.5 Å². The molecule has 2 rings (SSSR count). The van der Waals surface area contributed by atoms with E-state index in [1.165, 1.54) is 13.5 Å². The molecular formula is C14H26N2O2. The number of methoxy groups -OCH3 is 1. The Morgan fingerprint density at radius 3 is 2.50 bits per heavy atom. The van der Waals surface area contributed by atoms with Gasteiger partial charge in [0.05, 0.1) is 7.11 Å². The van der Waals surface area contributed by atoms with Crippen molar-refractivity contribution in [3.8, 4) is 0 Å². The lowest BCUT2D eigenvalue weighted by molar-refractivity contribution is -0.147. The second kappa shape index (κ2) is 5.17. The SMILES string of the molecule is COC(=O)C1(N)CCC(N2CC(C)CC(C)C2)C1. The smallest absolute Gasteiger partial charge is 0.325 e. The van der Waals surface area contributed by atoms with Crippen LogP contribution in [0.4, 0.5) is 0 Å². The third-order valence-electron chi connectivity index (χ3n) is 4.53. The van der Waals surface area contributed by atoms with Gasteiger partial charge in [-0.15, -0.1) is 0 Å². The summed E-state index contributed by atoms with van der Waals surface area (Å²) in [7, 11) is 1.43. The van der Waals surface area contributed by atoms with E-state index in [0.717, 1.165) is 44.2 Å². The second-order valence-corrected chi connectivity index (χ2v) is 6.44. The molecule has 104 valence electrons. The molecule has 0 radical (unpaired) electrons. The highest BCUT2D eigenvalue weighted by molar-refractivity contribution is 5.81. The Balaban J connectivity index is 1.98. The fourth-order valence-corrected chi connectivity index (χ4v) is 3.76. The van der Waals surface area contributed by atoms with E-state index in [-0.39, 0.29) is 5.97 Å². The fourth-order valence-electron chi connectivity index (χ4n) is 3.76. The van der Waals surface area contributed by atoms with Crippen LogP contribution in [0.2, 0.25) is 0 Å². The van der Waals surface area contributed by atoms with Crippen LogP contribution in [0.15, 0.2) is 0 Å². The standard InChI is InChI=1S/C14H26N2O2/c1-10-6-11(2)9-16(8-10)12-4-5-14(15,7-12)13(17)18-3/h10-12H,4-9,15H2,1-3H3. The average molecular weight is 254 g/mol. The molecule has 1 aliphatic carbocycles. The molecule has 2 fully saturated rings. The van der Waals surface area contributed by atoms with Crippen LogP contribution in [-0.2, 0) is 9.53 Å². The predicted molar refractivity (Wildman–Crippen MR) is 71.1 cm³/mol. The van der Waals surface area contributed by atoms with E-state index >= 15 is 0 Å². The normalized spacial score (nSPS) is 41.9. The summed E-state index contributed by atoms with van der Waals surface area (Å²) in [4.78, 5) is 14.3. The van der Waals surface area contributed by atoms with Gasteiger partial charge in [0.2, 0.25) is 0 Å². The van der Waals surface area contributed by atoms with E-state index in [0.29, 0.717) is 6.04 Å². The van der Waals surface area contributed by atoms with Gasteiger partial charge in [0.25, 0.3) is 0 Å². The first-order chi connectivity index (χ1) is 8.44. The molecule has 0 spiro atoms. The Morgan fingerprint density at radius 2 is 1.94 bits per heavy atom. The summed E-state index contributed by atoms with van der Waals surface area (Å²) in [5.74, 6) is 1.25. The van der Waals surface area contributed by atoms with Crippen LogP contribution < -0.4 is 5.73 Å². The monoisotopic (exact) mass is 254 g/mol. The van der Waals surface area contributed by atoms with Crippen LogP contribution in [0.3, 0.4) is 0 Å². The number of carbonyl (C=O) groups excluding carboxylic acids is 1. The summed E-state index contributed by atoms with van der Waals surface area (Å²) in [6.07, 6.45) is 3.84. The van der Waals surface area contributed by atoms with Crippen molar-refractivity contribution in [1.29, 1.82) is 0 Å². The average Bonchev–Trinajstić information content (AvgIpc) is 2.71. The van der Waals surface area contributed by atoms with Gasteiger partial charge in [0.15, 0.2) is 0 Å². The number of esters is 1. The van der Waals surface area contributed by atoms with Crippen molar-refractivity contribution in [2.45, 2.75) is 51.1 Å². The number of hydrogen-bond acceptors (Lipinski definition) is 4. The summed E-state index contributed by atoms with van der Waals surface area (Å²) < 4.78 is 4.83. The Labute approximate surface area is 110 Å². The van der Waals surface area contributed by atoms with Crippen LogP contribution in [-0.4, -0.2) is 42.6 Å². The third kappa shape index (κ3) is 2.69. The van der Waals surface area contributed by atoms with Crippen molar-refractivity contribution in [2.75, 3.05) is 20.2 Å². The maximum Gasteiger partial charge on any atom is 0.325 e. The van der Waals surface area contributed by atoms with Gasteiger partial charge < -0.3 is 10.5 Å². The Hall–Kier alpha value is -0.610. The zero-order chi connectivity index (χ0) is 13.3. The largest absolute Gasteiger partial charge is 0.468 e. The highest BCUT2D eigenvalue weighted by atomic mass is 16.5. The molecular weight excluding hydrogens is 228 g/mol. The van der Waals surface area contributed by atoms with E-state index < -0.39 is 5.54 Å². The van der Waals surface area contributed by atoms with E-state index in [9.17, 15) is 4.79 Å². The van der Waals surface area contributed by atoms with Crippen LogP contribution in [0.5, 0.6) is 0 Å². The van der Waals surface area contributed by atoms with Gasteiger partial charge in [-0.2, -0.15) is 0 Å².